The Kier molecular flexibility index (Phi) is 2.91. The third-order valence-corrected chi connectivity index (χ3v) is 4.20. The van der Waals surface area contributed by atoms with Gasteiger partial charge in [0, 0.05) is 19.0 Å². The van der Waals surface area contributed by atoms with Gasteiger partial charge in [-0.25, -0.2) is 0 Å². The van der Waals surface area contributed by atoms with Gasteiger partial charge in [-0.15, -0.1) is 0 Å². The summed E-state index contributed by atoms with van der Waals surface area (Å²) in [5.41, 5.74) is -0.00220. The molecule has 1 atom stereocenters. The molecular formula is C12H19NO3. The predicted molar refractivity (Wildman–Crippen MR) is 58.9 cm³/mol. The summed E-state index contributed by atoms with van der Waals surface area (Å²) in [6, 6.07) is 0. The highest BCUT2D eigenvalue weighted by atomic mass is 16.4. The zero-order chi connectivity index (χ0) is 11.8. The van der Waals surface area contributed by atoms with Crippen LogP contribution in [0.5, 0.6) is 0 Å². The van der Waals surface area contributed by atoms with Crippen molar-refractivity contribution in [3.8, 4) is 0 Å². The SMILES string of the molecule is CC(=O)N1CC(C(=O)O)CCC12CCCC2. The van der Waals surface area contributed by atoms with Gasteiger partial charge in [0.15, 0.2) is 0 Å². The average Bonchev–Trinajstić information content (AvgIpc) is 2.67. The van der Waals surface area contributed by atoms with E-state index in [0.29, 0.717) is 6.54 Å². The number of likely N-dealkylation sites (tertiary alicyclic amines) is 1. The molecule has 4 nitrogen and oxygen atoms in total. The van der Waals surface area contributed by atoms with Crippen LogP contribution in [0.25, 0.3) is 0 Å². The Hall–Kier alpha value is -1.06. The Bertz CT molecular complexity index is 307. The van der Waals surface area contributed by atoms with Crippen molar-refractivity contribution in [2.24, 2.45) is 5.92 Å². The second-order valence-electron chi connectivity index (χ2n) is 5.13. The number of hydrogen-bond acceptors (Lipinski definition) is 2. The highest BCUT2D eigenvalue weighted by Gasteiger charge is 2.46. The monoisotopic (exact) mass is 225 g/mol. The molecule has 1 amide bonds. The molecule has 0 aromatic carbocycles. The maximum Gasteiger partial charge on any atom is 0.308 e. The fourth-order valence-corrected chi connectivity index (χ4v) is 3.30. The zero-order valence-electron chi connectivity index (χ0n) is 9.74. The molecule has 1 saturated heterocycles. The molecule has 1 N–H and O–H groups in total. The van der Waals surface area contributed by atoms with Crippen molar-refractivity contribution in [3.05, 3.63) is 0 Å². The van der Waals surface area contributed by atoms with Gasteiger partial charge in [0.25, 0.3) is 0 Å². The smallest absolute Gasteiger partial charge is 0.308 e. The molecule has 16 heavy (non-hydrogen) atoms. The van der Waals surface area contributed by atoms with Crippen LogP contribution in [0.15, 0.2) is 0 Å². The molecule has 1 unspecified atom stereocenters. The van der Waals surface area contributed by atoms with E-state index in [0.717, 1.165) is 25.7 Å². The van der Waals surface area contributed by atoms with Crippen molar-refractivity contribution in [1.82, 2.24) is 4.90 Å². The topological polar surface area (TPSA) is 57.6 Å². The summed E-state index contributed by atoms with van der Waals surface area (Å²) in [7, 11) is 0. The van der Waals surface area contributed by atoms with Gasteiger partial charge < -0.3 is 10.0 Å². The Labute approximate surface area is 95.6 Å². The van der Waals surface area contributed by atoms with Gasteiger partial charge in [-0.2, -0.15) is 0 Å². The number of nitrogens with zero attached hydrogens (tertiary/aromatic N) is 1. The van der Waals surface area contributed by atoms with Crippen molar-refractivity contribution in [2.75, 3.05) is 6.54 Å². The molecule has 2 aliphatic rings. The van der Waals surface area contributed by atoms with Crippen LogP contribution >= 0.6 is 0 Å². The fourth-order valence-electron chi connectivity index (χ4n) is 3.30. The van der Waals surface area contributed by atoms with E-state index in [1.165, 1.54) is 12.8 Å². The lowest BCUT2D eigenvalue weighted by atomic mass is 9.81. The summed E-state index contributed by atoms with van der Waals surface area (Å²) in [4.78, 5) is 24.5. The molecule has 1 saturated carbocycles. The van der Waals surface area contributed by atoms with Gasteiger partial charge in [-0.3, -0.25) is 9.59 Å². The summed E-state index contributed by atoms with van der Waals surface area (Å²) in [5.74, 6) is -1.10. The van der Waals surface area contributed by atoms with E-state index in [1.54, 1.807) is 6.92 Å². The number of carbonyl (C=O) groups is 2. The van der Waals surface area contributed by atoms with E-state index in [9.17, 15) is 9.59 Å². The van der Waals surface area contributed by atoms with Crippen molar-refractivity contribution < 1.29 is 14.7 Å². The first-order valence-corrected chi connectivity index (χ1v) is 6.06. The molecule has 4 heteroatoms. The third-order valence-electron chi connectivity index (χ3n) is 4.20. The first-order valence-electron chi connectivity index (χ1n) is 6.06. The lowest BCUT2D eigenvalue weighted by molar-refractivity contribution is -0.150. The Morgan fingerprint density at radius 2 is 1.88 bits per heavy atom. The summed E-state index contributed by atoms with van der Waals surface area (Å²) in [6.07, 6.45) is 6.03. The molecule has 90 valence electrons. The number of amides is 1. The van der Waals surface area contributed by atoms with E-state index in [-0.39, 0.29) is 17.4 Å². The van der Waals surface area contributed by atoms with Crippen molar-refractivity contribution >= 4 is 11.9 Å². The number of rotatable bonds is 1. The van der Waals surface area contributed by atoms with Crippen LogP contribution in [0.4, 0.5) is 0 Å². The van der Waals surface area contributed by atoms with Gasteiger partial charge in [-0.1, -0.05) is 12.8 Å². The van der Waals surface area contributed by atoms with Crippen LogP contribution in [0.2, 0.25) is 0 Å². The fraction of sp³-hybridized carbons (Fsp3) is 0.833. The van der Waals surface area contributed by atoms with Crippen LogP contribution in [-0.2, 0) is 9.59 Å². The van der Waals surface area contributed by atoms with Gasteiger partial charge in [0.1, 0.15) is 0 Å². The Morgan fingerprint density at radius 1 is 1.25 bits per heavy atom. The third kappa shape index (κ3) is 1.81. The highest BCUT2D eigenvalue weighted by molar-refractivity contribution is 5.77. The average molecular weight is 225 g/mol. The first kappa shape index (κ1) is 11.4. The molecule has 0 bridgehead atoms. The normalized spacial score (nSPS) is 28.3. The van der Waals surface area contributed by atoms with Gasteiger partial charge in [0.05, 0.1) is 5.92 Å². The van der Waals surface area contributed by atoms with E-state index in [1.807, 2.05) is 4.90 Å². The summed E-state index contributed by atoms with van der Waals surface area (Å²) >= 11 is 0. The van der Waals surface area contributed by atoms with E-state index >= 15 is 0 Å². The minimum atomic E-state index is -0.765. The number of carboxylic acid groups (broad SMARTS) is 1. The number of piperidine rings is 1. The first-order chi connectivity index (χ1) is 7.55. The standard InChI is InChI=1S/C12H19NO3/c1-9(14)13-8-10(11(15)16)4-7-12(13)5-2-3-6-12/h10H,2-8H2,1H3,(H,15,16). The molecule has 1 aliphatic carbocycles. The molecule has 2 fully saturated rings. The Morgan fingerprint density at radius 3 is 2.38 bits per heavy atom. The molecule has 1 heterocycles. The van der Waals surface area contributed by atoms with Crippen molar-refractivity contribution in [2.45, 2.75) is 51.0 Å². The Balaban J connectivity index is 2.17. The minimum absolute atomic E-state index is 0.00220. The van der Waals surface area contributed by atoms with Crippen LogP contribution in [0.3, 0.4) is 0 Å². The van der Waals surface area contributed by atoms with Crippen LogP contribution in [0.1, 0.15) is 45.4 Å². The maximum absolute atomic E-state index is 11.7. The second kappa shape index (κ2) is 4.07. The van der Waals surface area contributed by atoms with Crippen LogP contribution < -0.4 is 0 Å². The van der Waals surface area contributed by atoms with Gasteiger partial charge in [0.2, 0.25) is 5.91 Å². The number of aliphatic carboxylic acids is 1. The van der Waals surface area contributed by atoms with E-state index in [2.05, 4.69) is 0 Å². The number of hydrogen-bond donors (Lipinski definition) is 1. The highest BCUT2D eigenvalue weighted by Crippen LogP contribution is 2.43. The van der Waals surface area contributed by atoms with E-state index in [4.69, 9.17) is 5.11 Å². The van der Waals surface area contributed by atoms with Crippen molar-refractivity contribution in [1.29, 1.82) is 0 Å². The quantitative estimate of drug-likeness (QED) is 0.738. The second-order valence-corrected chi connectivity index (χ2v) is 5.13. The van der Waals surface area contributed by atoms with Crippen LogP contribution in [0, 0.1) is 5.92 Å². The van der Waals surface area contributed by atoms with Gasteiger partial charge >= 0.3 is 5.97 Å². The largest absolute Gasteiger partial charge is 0.481 e. The predicted octanol–water partition coefficient (Wildman–Crippen LogP) is 1.64. The van der Waals surface area contributed by atoms with Crippen molar-refractivity contribution in [3.63, 3.8) is 0 Å². The minimum Gasteiger partial charge on any atom is -0.481 e. The molecule has 0 radical (unpaired) electrons. The molecule has 0 aromatic heterocycles. The number of carbonyl (C=O) groups excluding carboxylic acids is 1. The molecule has 2 rings (SSSR count). The van der Waals surface area contributed by atoms with Crippen LogP contribution in [-0.4, -0.2) is 34.0 Å². The van der Waals surface area contributed by atoms with Gasteiger partial charge in [-0.05, 0) is 25.7 Å². The summed E-state index contributed by atoms with van der Waals surface area (Å²) in [6.45, 7) is 1.97. The molecule has 1 spiro atoms. The van der Waals surface area contributed by atoms with E-state index < -0.39 is 5.97 Å². The lowest BCUT2D eigenvalue weighted by Crippen LogP contribution is -2.55. The zero-order valence-corrected chi connectivity index (χ0v) is 9.74. The molecular weight excluding hydrogens is 206 g/mol. The molecule has 1 aliphatic heterocycles. The lowest BCUT2D eigenvalue weighted by Gasteiger charge is -2.46. The number of carboxylic acids is 1. The molecule has 0 aromatic rings. The summed E-state index contributed by atoms with van der Waals surface area (Å²) < 4.78 is 0. The maximum atomic E-state index is 11.7. The summed E-state index contributed by atoms with van der Waals surface area (Å²) in [5, 5.41) is 9.03.